The first-order chi connectivity index (χ1) is 11.9. The third-order valence-corrected chi connectivity index (χ3v) is 6.64. The lowest BCUT2D eigenvalue weighted by atomic mass is 9.85. The Labute approximate surface area is 170 Å². The Morgan fingerprint density at radius 3 is 1.54 bits per heavy atom. The van der Waals surface area contributed by atoms with Crippen molar-refractivity contribution in [2.45, 2.75) is 65.2 Å². The van der Waals surface area contributed by atoms with Gasteiger partial charge in [0.1, 0.15) is 20.8 Å². The van der Waals surface area contributed by atoms with Gasteiger partial charge in [0.05, 0.1) is 0 Å². The molecule has 0 bridgehead atoms. The van der Waals surface area contributed by atoms with E-state index in [4.69, 9.17) is 34.8 Å². The molecular weight excluding hydrogens is 393 g/mol. The topological polar surface area (TPSA) is 39.1 Å². The zero-order valence-electron chi connectivity index (χ0n) is 16.0. The Morgan fingerprint density at radius 1 is 0.769 bits per heavy atom. The van der Waals surface area contributed by atoms with Crippen molar-refractivity contribution in [3.63, 3.8) is 0 Å². The van der Waals surface area contributed by atoms with Gasteiger partial charge in [0.2, 0.25) is 11.6 Å². The summed E-state index contributed by atoms with van der Waals surface area (Å²) in [5, 5.41) is -0.808. The Bertz CT molecular complexity index is 808. The van der Waals surface area contributed by atoms with Crippen LogP contribution in [-0.4, -0.2) is 16.1 Å². The highest BCUT2D eigenvalue weighted by Gasteiger charge is 2.38. The van der Waals surface area contributed by atoms with Crippen molar-refractivity contribution in [2.24, 2.45) is 0 Å². The molecule has 1 aliphatic carbocycles. The summed E-state index contributed by atoms with van der Waals surface area (Å²) >= 11 is 18.3. The molecule has 6 heteroatoms. The summed E-state index contributed by atoms with van der Waals surface area (Å²) in [6.45, 7) is 12.5. The van der Waals surface area contributed by atoms with E-state index in [-0.39, 0.29) is 31.6 Å². The van der Waals surface area contributed by atoms with Crippen LogP contribution in [-0.2, 0) is 20.4 Å². The van der Waals surface area contributed by atoms with E-state index in [0.717, 1.165) is 24.2 Å². The number of carbonyl (C=O) groups is 2. The van der Waals surface area contributed by atoms with E-state index in [1.165, 1.54) is 0 Å². The highest BCUT2D eigenvalue weighted by molar-refractivity contribution is 6.67. The largest absolute Gasteiger partial charge is 0.312 e. The van der Waals surface area contributed by atoms with Crippen LogP contribution in [0, 0.1) is 0 Å². The first-order valence-electron chi connectivity index (χ1n) is 8.68. The number of halogens is 3. The first kappa shape index (κ1) is 21.3. The zero-order valence-corrected chi connectivity index (χ0v) is 18.2. The van der Waals surface area contributed by atoms with Gasteiger partial charge in [-0.05, 0) is 25.0 Å². The maximum atomic E-state index is 12.9. The molecule has 0 atom stereocenters. The Morgan fingerprint density at radius 2 is 1.15 bits per heavy atom. The zero-order chi connectivity index (χ0) is 20.0. The molecule has 2 rings (SSSR count). The molecule has 0 fully saturated rings. The number of nitrogens with zero attached hydrogens (tertiary/aromatic N) is 1. The van der Waals surface area contributed by atoms with E-state index in [2.05, 4.69) is 41.5 Å². The number of ketones is 2. The SMILES string of the molecule is CCC(C)(C)c1ccc(C(C)(C)CC)n1C1=C(Cl)C(=O)C(Cl)=C(Cl)C1=O. The highest BCUT2D eigenvalue weighted by Crippen LogP contribution is 2.41. The molecule has 0 saturated carbocycles. The van der Waals surface area contributed by atoms with Crippen LogP contribution in [0.25, 0.3) is 5.70 Å². The Hall–Kier alpha value is -1.03. The smallest absolute Gasteiger partial charge is 0.224 e. The van der Waals surface area contributed by atoms with Crippen molar-refractivity contribution in [2.75, 3.05) is 0 Å². The maximum Gasteiger partial charge on any atom is 0.224 e. The Balaban J connectivity index is 2.90. The van der Waals surface area contributed by atoms with E-state index in [1.807, 2.05) is 16.7 Å². The molecule has 0 amide bonds. The van der Waals surface area contributed by atoms with Gasteiger partial charge in [-0.2, -0.15) is 0 Å². The minimum absolute atomic E-state index is 0.0871. The number of Topliss-reactive ketones (excluding diaryl/α,β-unsaturated/α-hetero) is 2. The van der Waals surface area contributed by atoms with Crippen LogP contribution in [0.1, 0.15) is 65.8 Å². The van der Waals surface area contributed by atoms with Crippen LogP contribution in [0.3, 0.4) is 0 Å². The van der Waals surface area contributed by atoms with Gasteiger partial charge in [0, 0.05) is 22.2 Å². The molecule has 26 heavy (non-hydrogen) atoms. The van der Waals surface area contributed by atoms with Crippen LogP contribution in [0.15, 0.2) is 27.2 Å². The number of carbonyl (C=O) groups excluding carboxylic acids is 2. The van der Waals surface area contributed by atoms with Crippen molar-refractivity contribution in [1.82, 2.24) is 4.57 Å². The molecule has 1 heterocycles. The second kappa shape index (κ2) is 7.18. The molecule has 0 saturated heterocycles. The van der Waals surface area contributed by atoms with Crippen LogP contribution in [0.2, 0.25) is 0 Å². The summed E-state index contributed by atoms with van der Waals surface area (Å²) in [5.41, 5.74) is 1.45. The van der Waals surface area contributed by atoms with Gasteiger partial charge >= 0.3 is 0 Å². The van der Waals surface area contributed by atoms with E-state index in [0.29, 0.717) is 0 Å². The molecule has 0 spiro atoms. The predicted octanol–water partition coefficient (Wildman–Crippen LogP) is 6.11. The number of aromatic nitrogens is 1. The number of rotatable bonds is 5. The molecular formula is C20H24Cl3NO2. The molecule has 1 aromatic rings. The summed E-state index contributed by atoms with van der Waals surface area (Å²) in [5.74, 6) is -1.15. The average molecular weight is 417 g/mol. The summed E-state index contributed by atoms with van der Waals surface area (Å²) in [4.78, 5) is 25.4. The van der Waals surface area contributed by atoms with Crippen LogP contribution < -0.4 is 0 Å². The Kier molecular flexibility index (Phi) is 5.87. The minimum atomic E-state index is -0.623. The molecule has 0 N–H and O–H groups in total. The molecule has 0 aromatic carbocycles. The van der Waals surface area contributed by atoms with Gasteiger partial charge in [-0.3, -0.25) is 9.59 Å². The average Bonchev–Trinajstić information content (AvgIpc) is 3.05. The standard InChI is InChI=1S/C20H24Cl3NO2/c1-7-19(3,4)11-9-10-12(20(5,6)8-2)24(11)16-15(23)17(25)13(21)14(22)18(16)26/h9-10H,7-8H2,1-6H3. The van der Waals surface area contributed by atoms with E-state index >= 15 is 0 Å². The molecule has 1 aromatic heterocycles. The van der Waals surface area contributed by atoms with Gasteiger partial charge in [-0.1, -0.05) is 76.3 Å². The molecule has 3 nitrogen and oxygen atoms in total. The van der Waals surface area contributed by atoms with Crippen molar-refractivity contribution >= 4 is 52.1 Å². The maximum absolute atomic E-state index is 12.9. The van der Waals surface area contributed by atoms with Gasteiger partial charge in [0.15, 0.2) is 0 Å². The second-order valence-corrected chi connectivity index (χ2v) is 9.00. The van der Waals surface area contributed by atoms with Crippen LogP contribution in [0.4, 0.5) is 0 Å². The van der Waals surface area contributed by atoms with E-state index < -0.39 is 11.6 Å². The van der Waals surface area contributed by atoms with Crippen molar-refractivity contribution in [3.8, 4) is 0 Å². The molecule has 0 unspecified atom stereocenters. The monoisotopic (exact) mass is 415 g/mol. The minimum Gasteiger partial charge on any atom is -0.312 e. The van der Waals surface area contributed by atoms with Crippen LogP contribution >= 0.6 is 34.8 Å². The fourth-order valence-corrected chi connectivity index (χ4v) is 3.57. The summed E-state index contributed by atoms with van der Waals surface area (Å²) in [6.07, 6.45) is 1.70. The number of hydrogen-bond donors (Lipinski definition) is 0. The van der Waals surface area contributed by atoms with Crippen molar-refractivity contribution < 1.29 is 9.59 Å². The van der Waals surface area contributed by atoms with E-state index in [9.17, 15) is 9.59 Å². The third-order valence-electron chi connectivity index (χ3n) is 5.47. The van der Waals surface area contributed by atoms with E-state index in [1.54, 1.807) is 0 Å². The second-order valence-electron chi connectivity index (χ2n) is 7.86. The predicted molar refractivity (Wildman–Crippen MR) is 109 cm³/mol. The summed E-state index contributed by atoms with van der Waals surface area (Å²) in [6, 6.07) is 4.00. The van der Waals surface area contributed by atoms with Crippen molar-refractivity contribution in [3.05, 3.63) is 38.6 Å². The van der Waals surface area contributed by atoms with Gasteiger partial charge in [-0.15, -0.1) is 0 Å². The lowest BCUT2D eigenvalue weighted by molar-refractivity contribution is -0.114. The summed E-state index contributed by atoms with van der Waals surface area (Å²) in [7, 11) is 0. The normalized spacial score (nSPS) is 16.8. The highest BCUT2D eigenvalue weighted by atomic mass is 35.5. The van der Waals surface area contributed by atoms with Crippen molar-refractivity contribution in [1.29, 1.82) is 0 Å². The van der Waals surface area contributed by atoms with Gasteiger partial charge in [-0.25, -0.2) is 0 Å². The molecule has 142 valence electrons. The molecule has 0 radical (unpaired) electrons. The fourth-order valence-electron chi connectivity index (χ4n) is 2.90. The number of allylic oxidation sites excluding steroid dienone is 4. The quantitative estimate of drug-likeness (QED) is 0.543. The van der Waals surface area contributed by atoms with Gasteiger partial charge < -0.3 is 4.57 Å². The van der Waals surface area contributed by atoms with Crippen LogP contribution in [0.5, 0.6) is 0 Å². The summed E-state index contributed by atoms with van der Waals surface area (Å²) < 4.78 is 1.82. The number of hydrogen-bond acceptors (Lipinski definition) is 2. The molecule has 0 aliphatic heterocycles. The molecule has 1 aliphatic rings. The lowest BCUT2D eigenvalue weighted by Crippen LogP contribution is -2.30. The first-order valence-corrected chi connectivity index (χ1v) is 9.81. The fraction of sp³-hybridized carbons (Fsp3) is 0.500. The lowest BCUT2D eigenvalue weighted by Gasteiger charge is -2.32. The van der Waals surface area contributed by atoms with Gasteiger partial charge in [0.25, 0.3) is 0 Å². The third kappa shape index (κ3) is 3.30.